The van der Waals surface area contributed by atoms with Gasteiger partial charge in [0.2, 0.25) is 0 Å². The molecule has 0 fully saturated rings. The average molecular weight is 359 g/mol. The first-order valence-corrected chi connectivity index (χ1v) is 8.80. The van der Waals surface area contributed by atoms with E-state index >= 15 is 0 Å². The molecule has 1 heterocycles. The van der Waals surface area contributed by atoms with E-state index in [0.717, 1.165) is 37.3 Å². The molecule has 0 aliphatic carbocycles. The van der Waals surface area contributed by atoms with E-state index < -0.39 is 0 Å². The quantitative estimate of drug-likeness (QED) is 0.503. The van der Waals surface area contributed by atoms with E-state index in [2.05, 4.69) is 61.7 Å². The van der Waals surface area contributed by atoms with E-state index in [1.165, 1.54) is 16.9 Å². The highest BCUT2D eigenvalue weighted by Crippen LogP contribution is 2.22. The fraction of sp³-hybridized carbons (Fsp3) is 0.381. The first-order valence-electron chi connectivity index (χ1n) is 8.80. The lowest BCUT2D eigenvalue weighted by Crippen LogP contribution is -2.07. The lowest BCUT2D eigenvalue weighted by molar-refractivity contribution is 0.303. The number of aromatic nitrogens is 2. The number of hydrogen-bond acceptors (Lipinski definition) is 2. The summed E-state index contributed by atoms with van der Waals surface area (Å²) in [6, 6.07) is 16.6. The van der Waals surface area contributed by atoms with Crippen molar-refractivity contribution in [2.45, 2.75) is 46.1 Å². The van der Waals surface area contributed by atoms with Crippen molar-refractivity contribution in [3.8, 4) is 5.75 Å². The maximum Gasteiger partial charge on any atom is 0.119 e. The lowest BCUT2D eigenvalue weighted by atomic mass is 10.2. The van der Waals surface area contributed by atoms with Crippen LogP contribution in [0.2, 0.25) is 0 Å². The normalized spacial score (nSPS) is 10.9. The minimum Gasteiger partial charge on any atom is -0.494 e. The number of aryl methyl sites for hydroxylation is 2. The summed E-state index contributed by atoms with van der Waals surface area (Å²) >= 11 is 0. The molecule has 0 radical (unpaired) electrons. The van der Waals surface area contributed by atoms with Gasteiger partial charge in [-0.15, -0.1) is 12.4 Å². The largest absolute Gasteiger partial charge is 0.494 e. The van der Waals surface area contributed by atoms with Crippen LogP contribution in [0.3, 0.4) is 0 Å². The Morgan fingerprint density at radius 1 is 1.04 bits per heavy atom. The van der Waals surface area contributed by atoms with Crippen LogP contribution in [0.5, 0.6) is 5.75 Å². The van der Waals surface area contributed by atoms with Gasteiger partial charge in [0.1, 0.15) is 11.6 Å². The maximum atomic E-state index is 5.85. The Morgan fingerprint density at radius 3 is 2.60 bits per heavy atom. The van der Waals surface area contributed by atoms with Gasteiger partial charge in [-0.1, -0.05) is 38.1 Å². The summed E-state index contributed by atoms with van der Waals surface area (Å²) < 4.78 is 8.21. The molecule has 3 nitrogen and oxygen atoms in total. The second-order valence-corrected chi connectivity index (χ2v) is 6.64. The topological polar surface area (TPSA) is 27.1 Å². The molecule has 0 aliphatic rings. The molecule has 0 saturated carbocycles. The number of halogens is 1. The van der Waals surface area contributed by atoms with Crippen LogP contribution < -0.4 is 4.74 Å². The molecule has 0 aliphatic heterocycles. The summed E-state index contributed by atoms with van der Waals surface area (Å²) in [5.74, 6) is 2.57. The minimum atomic E-state index is 0. The number of unbranched alkanes of at least 4 members (excludes halogenated alkanes) is 1. The Labute approximate surface area is 156 Å². The van der Waals surface area contributed by atoms with Crippen LogP contribution in [-0.4, -0.2) is 16.2 Å². The van der Waals surface area contributed by atoms with Crippen molar-refractivity contribution in [2.24, 2.45) is 0 Å². The second kappa shape index (κ2) is 8.91. The monoisotopic (exact) mass is 358 g/mol. The Balaban J connectivity index is 0.00000225. The van der Waals surface area contributed by atoms with Crippen LogP contribution in [0.1, 0.15) is 44.0 Å². The van der Waals surface area contributed by atoms with E-state index in [0.29, 0.717) is 5.92 Å². The SMILES string of the molecule is Cc1cccc(OCCCCn2c(C(C)C)nc3ccccc32)c1.Cl. The molecule has 1 aromatic heterocycles. The number of imidazole rings is 1. The summed E-state index contributed by atoms with van der Waals surface area (Å²) in [7, 11) is 0. The zero-order valence-corrected chi connectivity index (χ0v) is 16.1. The van der Waals surface area contributed by atoms with Gasteiger partial charge in [-0.25, -0.2) is 4.98 Å². The van der Waals surface area contributed by atoms with Crippen molar-refractivity contribution in [3.05, 3.63) is 59.9 Å². The van der Waals surface area contributed by atoms with Crippen molar-refractivity contribution in [1.82, 2.24) is 9.55 Å². The van der Waals surface area contributed by atoms with E-state index in [4.69, 9.17) is 9.72 Å². The fourth-order valence-corrected chi connectivity index (χ4v) is 3.04. The van der Waals surface area contributed by atoms with Gasteiger partial charge in [0.25, 0.3) is 0 Å². The third-order valence-electron chi connectivity index (χ3n) is 4.23. The molecule has 2 aromatic carbocycles. The van der Waals surface area contributed by atoms with Gasteiger partial charge in [-0.3, -0.25) is 0 Å². The van der Waals surface area contributed by atoms with Gasteiger partial charge in [-0.2, -0.15) is 0 Å². The van der Waals surface area contributed by atoms with Crippen LogP contribution in [0, 0.1) is 6.92 Å². The van der Waals surface area contributed by atoms with Gasteiger partial charge in [0.05, 0.1) is 17.6 Å². The van der Waals surface area contributed by atoms with Crippen molar-refractivity contribution < 1.29 is 4.74 Å². The van der Waals surface area contributed by atoms with E-state index in [1.807, 2.05) is 12.1 Å². The highest BCUT2D eigenvalue weighted by Gasteiger charge is 2.12. The maximum absolute atomic E-state index is 5.85. The third kappa shape index (κ3) is 4.76. The molecular weight excluding hydrogens is 332 g/mol. The van der Waals surface area contributed by atoms with Crippen LogP contribution in [-0.2, 0) is 6.54 Å². The van der Waals surface area contributed by atoms with E-state index in [9.17, 15) is 0 Å². The molecule has 25 heavy (non-hydrogen) atoms. The van der Waals surface area contributed by atoms with Crippen LogP contribution in [0.25, 0.3) is 11.0 Å². The molecule has 0 saturated heterocycles. The summed E-state index contributed by atoms with van der Waals surface area (Å²) in [6.45, 7) is 8.25. The lowest BCUT2D eigenvalue weighted by Gasteiger charge is -2.12. The Bertz CT molecular complexity index is 811. The number of ether oxygens (including phenoxy) is 1. The van der Waals surface area contributed by atoms with Crippen LogP contribution in [0.15, 0.2) is 48.5 Å². The predicted octanol–water partition coefficient (Wildman–Crippen LogP) is 5.75. The fourth-order valence-electron chi connectivity index (χ4n) is 3.04. The summed E-state index contributed by atoms with van der Waals surface area (Å²) in [5.41, 5.74) is 3.57. The van der Waals surface area contributed by atoms with Crippen molar-refractivity contribution in [3.63, 3.8) is 0 Å². The van der Waals surface area contributed by atoms with Crippen molar-refractivity contribution in [1.29, 1.82) is 0 Å². The molecule has 0 N–H and O–H groups in total. The molecule has 3 aromatic rings. The second-order valence-electron chi connectivity index (χ2n) is 6.64. The Kier molecular flexibility index (Phi) is 6.89. The van der Waals surface area contributed by atoms with Crippen LogP contribution >= 0.6 is 12.4 Å². The average Bonchev–Trinajstić information content (AvgIpc) is 2.94. The number of para-hydroxylation sites is 2. The molecule has 0 unspecified atom stereocenters. The third-order valence-corrected chi connectivity index (χ3v) is 4.23. The predicted molar refractivity (Wildman–Crippen MR) is 107 cm³/mol. The number of rotatable bonds is 7. The number of nitrogens with zero attached hydrogens (tertiary/aromatic N) is 2. The summed E-state index contributed by atoms with van der Waals surface area (Å²) in [5, 5.41) is 0. The van der Waals surface area contributed by atoms with E-state index in [-0.39, 0.29) is 12.4 Å². The molecule has 0 atom stereocenters. The minimum absolute atomic E-state index is 0. The first-order chi connectivity index (χ1) is 11.6. The highest BCUT2D eigenvalue weighted by atomic mass is 35.5. The zero-order chi connectivity index (χ0) is 16.9. The number of hydrogen-bond donors (Lipinski definition) is 0. The van der Waals surface area contributed by atoms with Gasteiger partial charge in [-0.05, 0) is 49.6 Å². The van der Waals surface area contributed by atoms with Crippen molar-refractivity contribution in [2.75, 3.05) is 6.61 Å². The van der Waals surface area contributed by atoms with E-state index in [1.54, 1.807) is 0 Å². The molecular formula is C21H27ClN2O. The molecule has 4 heteroatoms. The van der Waals surface area contributed by atoms with Gasteiger partial charge < -0.3 is 9.30 Å². The standard InChI is InChI=1S/C21H26N2O.ClH/c1-16(2)21-22-19-11-4-5-12-20(19)23(21)13-6-7-14-24-18-10-8-9-17(3)15-18;/h4-5,8-12,15-16H,6-7,13-14H2,1-3H3;1H. The number of fused-ring (bicyclic) bond motifs is 1. The number of benzene rings is 2. The Morgan fingerprint density at radius 2 is 1.84 bits per heavy atom. The molecule has 134 valence electrons. The molecule has 3 rings (SSSR count). The highest BCUT2D eigenvalue weighted by molar-refractivity contribution is 5.85. The summed E-state index contributed by atoms with van der Waals surface area (Å²) in [4.78, 5) is 4.80. The molecule has 0 bridgehead atoms. The van der Waals surface area contributed by atoms with Crippen molar-refractivity contribution >= 4 is 23.4 Å². The first kappa shape index (κ1) is 19.3. The summed E-state index contributed by atoms with van der Waals surface area (Å²) in [6.07, 6.45) is 2.13. The van der Waals surface area contributed by atoms with Gasteiger partial charge in [0.15, 0.2) is 0 Å². The smallest absolute Gasteiger partial charge is 0.119 e. The molecule has 0 amide bonds. The van der Waals surface area contributed by atoms with Gasteiger partial charge in [0, 0.05) is 12.5 Å². The Hall–Kier alpha value is -2.00. The molecule has 0 spiro atoms. The van der Waals surface area contributed by atoms with Crippen LogP contribution in [0.4, 0.5) is 0 Å². The van der Waals surface area contributed by atoms with Gasteiger partial charge >= 0.3 is 0 Å². The zero-order valence-electron chi connectivity index (χ0n) is 15.2.